The third-order valence-electron chi connectivity index (χ3n) is 3.40. The Morgan fingerprint density at radius 3 is 2.69 bits per heavy atom. The van der Waals surface area contributed by atoms with E-state index in [4.69, 9.17) is 0 Å². The molecule has 1 N–H and O–H groups in total. The summed E-state index contributed by atoms with van der Waals surface area (Å²) in [5.41, 5.74) is 0. The van der Waals surface area contributed by atoms with Gasteiger partial charge in [-0.25, -0.2) is 0 Å². The lowest BCUT2D eigenvalue weighted by molar-refractivity contribution is 0.508. The lowest BCUT2D eigenvalue weighted by atomic mass is 10.2. The Balaban J connectivity index is 2.03. The zero-order valence-electron chi connectivity index (χ0n) is 10.8. The van der Waals surface area contributed by atoms with Crippen LogP contribution < -0.4 is 5.32 Å². The monoisotopic (exact) mass is 245 g/mol. The molecular formula is C13H27NOS. The van der Waals surface area contributed by atoms with Gasteiger partial charge in [-0.15, -0.1) is 0 Å². The van der Waals surface area contributed by atoms with E-state index in [0.717, 1.165) is 18.7 Å². The highest BCUT2D eigenvalue weighted by Crippen LogP contribution is 2.23. The first-order chi connectivity index (χ1) is 7.74. The summed E-state index contributed by atoms with van der Waals surface area (Å²) in [6.07, 6.45) is 8.47. The second-order valence-corrected chi connectivity index (χ2v) is 6.83. The van der Waals surface area contributed by atoms with Crippen LogP contribution in [0.1, 0.15) is 58.8 Å². The lowest BCUT2D eigenvalue weighted by Crippen LogP contribution is -2.27. The van der Waals surface area contributed by atoms with Gasteiger partial charge in [0.1, 0.15) is 0 Å². The summed E-state index contributed by atoms with van der Waals surface area (Å²) < 4.78 is 11.9. The Morgan fingerprint density at radius 2 is 2.06 bits per heavy atom. The molecule has 0 amide bonds. The molecule has 1 saturated carbocycles. The fourth-order valence-corrected chi connectivity index (χ4v) is 3.99. The van der Waals surface area contributed by atoms with Crippen LogP contribution in [-0.4, -0.2) is 27.8 Å². The summed E-state index contributed by atoms with van der Waals surface area (Å²) in [5, 5.41) is 4.00. The summed E-state index contributed by atoms with van der Waals surface area (Å²) in [4.78, 5) is 0. The average Bonchev–Trinajstić information content (AvgIpc) is 2.79. The predicted octanol–water partition coefficient (Wildman–Crippen LogP) is 2.85. The van der Waals surface area contributed by atoms with Gasteiger partial charge in [-0.2, -0.15) is 0 Å². The third kappa shape index (κ3) is 5.44. The molecule has 2 atom stereocenters. The molecule has 0 aromatic rings. The minimum absolute atomic E-state index is 0.527. The SMILES string of the molecule is CCCNC(C)CCCS(=O)C1CCCC1. The quantitative estimate of drug-likeness (QED) is 0.712. The summed E-state index contributed by atoms with van der Waals surface area (Å²) in [5.74, 6) is 0.919. The van der Waals surface area contributed by atoms with Crippen molar-refractivity contribution in [3.05, 3.63) is 0 Å². The molecular weight excluding hydrogens is 218 g/mol. The van der Waals surface area contributed by atoms with Crippen molar-refractivity contribution in [2.24, 2.45) is 0 Å². The van der Waals surface area contributed by atoms with E-state index in [9.17, 15) is 4.21 Å². The number of hydrogen-bond donors (Lipinski definition) is 1. The molecule has 0 bridgehead atoms. The van der Waals surface area contributed by atoms with Crippen molar-refractivity contribution in [2.75, 3.05) is 12.3 Å². The van der Waals surface area contributed by atoms with Gasteiger partial charge < -0.3 is 5.32 Å². The smallest absolute Gasteiger partial charge is 0.0348 e. The molecule has 0 radical (unpaired) electrons. The van der Waals surface area contributed by atoms with Crippen molar-refractivity contribution in [1.82, 2.24) is 5.32 Å². The minimum atomic E-state index is -0.545. The second-order valence-electron chi connectivity index (χ2n) is 4.99. The maximum absolute atomic E-state index is 11.9. The molecule has 0 saturated heterocycles. The van der Waals surface area contributed by atoms with E-state index in [1.165, 1.54) is 38.5 Å². The third-order valence-corrected chi connectivity index (χ3v) is 5.31. The summed E-state index contributed by atoms with van der Waals surface area (Å²) in [6.45, 7) is 5.52. The highest BCUT2D eigenvalue weighted by molar-refractivity contribution is 7.85. The van der Waals surface area contributed by atoms with E-state index in [-0.39, 0.29) is 0 Å². The highest BCUT2D eigenvalue weighted by atomic mass is 32.2. The number of hydrogen-bond acceptors (Lipinski definition) is 2. The van der Waals surface area contributed by atoms with Crippen LogP contribution in [0.3, 0.4) is 0 Å². The Hall–Kier alpha value is 0.110. The van der Waals surface area contributed by atoms with Gasteiger partial charge in [-0.1, -0.05) is 19.8 Å². The zero-order valence-corrected chi connectivity index (χ0v) is 11.7. The van der Waals surface area contributed by atoms with Crippen LogP contribution in [0.5, 0.6) is 0 Å². The molecule has 16 heavy (non-hydrogen) atoms. The molecule has 0 aromatic carbocycles. The molecule has 1 fully saturated rings. The van der Waals surface area contributed by atoms with Gasteiger partial charge in [0, 0.05) is 27.8 Å². The molecule has 2 nitrogen and oxygen atoms in total. The second kappa shape index (κ2) is 8.24. The van der Waals surface area contributed by atoms with E-state index in [2.05, 4.69) is 19.2 Å². The van der Waals surface area contributed by atoms with E-state index >= 15 is 0 Å². The van der Waals surface area contributed by atoms with Gasteiger partial charge in [0.2, 0.25) is 0 Å². The van der Waals surface area contributed by atoms with Crippen LogP contribution in [-0.2, 0) is 10.8 Å². The van der Waals surface area contributed by atoms with Crippen molar-refractivity contribution >= 4 is 10.8 Å². The molecule has 1 aliphatic carbocycles. The van der Waals surface area contributed by atoms with E-state index in [1.807, 2.05) is 0 Å². The largest absolute Gasteiger partial charge is 0.314 e. The molecule has 0 aliphatic heterocycles. The Morgan fingerprint density at radius 1 is 1.38 bits per heavy atom. The summed E-state index contributed by atoms with van der Waals surface area (Å²) in [7, 11) is -0.545. The summed E-state index contributed by atoms with van der Waals surface area (Å²) >= 11 is 0. The molecule has 1 rings (SSSR count). The van der Waals surface area contributed by atoms with Gasteiger partial charge in [-0.05, 0) is 45.6 Å². The minimum Gasteiger partial charge on any atom is -0.314 e. The maximum Gasteiger partial charge on any atom is 0.0348 e. The van der Waals surface area contributed by atoms with Crippen LogP contribution in [0.2, 0.25) is 0 Å². The van der Waals surface area contributed by atoms with Gasteiger partial charge in [0.25, 0.3) is 0 Å². The van der Waals surface area contributed by atoms with Gasteiger partial charge in [0.05, 0.1) is 0 Å². The molecule has 2 unspecified atom stereocenters. The topological polar surface area (TPSA) is 29.1 Å². The van der Waals surface area contributed by atoms with Gasteiger partial charge in [0.15, 0.2) is 0 Å². The Labute approximate surface area is 103 Å². The van der Waals surface area contributed by atoms with Crippen molar-refractivity contribution in [3.63, 3.8) is 0 Å². The van der Waals surface area contributed by atoms with Crippen LogP contribution in [0.25, 0.3) is 0 Å². The van der Waals surface area contributed by atoms with Gasteiger partial charge in [-0.3, -0.25) is 4.21 Å². The van der Waals surface area contributed by atoms with E-state index in [0.29, 0.717) is 11.3 Å². The van der Waals surface area contributed by atoms with Crippen molar-refractivity contribution in [2.45, 2.75) is 70.1 Å². The van der Waals surface area contributed by atoms with Crippen LogP contribution in [0.4, 0.5) is 0 Å². The summed E-state index contributed by atoms with van der Waals surface area (Å²) in [6, 6.07) is 0.584. The van der Waals surface area contributed by atoms with Crippen molar-refractivity contribution in [3.8, 4) is 0 Å². The highest BCUT2D eigenvalue weighted by Gasteiger charge is 2.20. The average molecular weight is 245 g/mol. The first-order valence-corrected chi connectivity index (χ1v) is 8.22. The van der Waals surface area contributed by atoms with Crippen molar-refractivity contribution in [1.29, 1.82) is 0 Å². The maximum atomic E-state index is 11.9. The van der Waals surface area contributed by atoms with Gasteiger partial charge >= 0.3 is 0 Å². The number of nitrogens with one attached hydrogen (secondary N) is 1. The fraction of sp³-hybridized carbons (Fsp3) is 1.00. The molecule has 96 valence electrons. The van der Waals surface area contributed by atoms with E-state index in [1.54, 1.807) is 0 Å². The zero-order chi connectivity index (χ0) is 11.8. The van der Waals surface area contributed by atoms with Crippen LogP contribution >= 0.6 is 0 Å². The molecule has 0 heterocycles. The Bertz CT molecular complexity index is 202. The standard InChI is InChI=1S/C13H27NOS/c1-3-10-14-12(2)7-6-11-16(15)13-8-4-5-9-13/h12-14H,3-11H2,1-2H3. The number of rotatable bonds is 8. The van der Waals surface area contributed by atoms with Crippen LogP contribution in [0.15, 0.2) is 0 Å². The molecule has 0 spiro atoms. The fourth-order valence-electron chi connectivity index (χ4n) is 2.34. The van der Waals surface area contributed by atoms with Crippen molar-refractivity contribution < 1.29 is 4.21 Å². The van der Waals surface area contributed by atoms with E-state index < -0.39 is 10.8 Å². The normalized spacial score (nSPS) is 21.1. The molecule has 3 heteroatoms. The lowest BCUT2D eigenvalue weighted by Gasteiger charge is -2.14. The first-order valence-electron chi connectivity index (χ1n) is 6.84. The molecule has 0 aromatic heterocycles. The first kappa shape index (κ1) is 14.2. The predicted molar refractivity (Wildman–Crippen MR) is 72.3 cm³/mol. The van der Waals surface area contributed by atoms with Crippen LogP contribution in [0, 0.1) is 0 Å². The molecule has 1 aliphatic rings. The Kier molecular flexibility index (Phi) is 7.30.